The standard InChI is InChI=1S/C25H25N3O2/c1-6-22-27-23-16(3)15(2)17(4)26-24(23)28(22)19-13-11-18(12-14-19)20-9-7-8-10-21(20)25(29)30-5/h7-14H,6H2,1-5H3. The molecule has 2 heterocycles. The minimum Gasteiger partial charge on any atom is -0.465 e. The van der Waals surface area contributed by atoms with E-state index in [-0.39, 0.29) is 5.97 Å². The van der Waals surface area contributed by atoms with Gasteiger partial charge in [0.15, 0.2) is 5.65 Å². The van der Waals surface area contributed by atoms with Crippen LogP contribution in [-0.4, -0.2) is 27.6 Å². The highest BCUT2D eigenvalue weighted by molar-refractivity contribution is 5.97. The lowest BCUT2D eigenvalue weighted by molar-refractivity contribution is 0.0601. The number of pyridine rings is 1. The van der Waals surface area contributed by atoms with Crippen molar-refractivity contribution in [2.24, 2.45) is 0 Å². The number of carbonyl (C=O) groups is 1. The van der Waals surface area contributed by atoms with Crippen molar-refractivity contribution in [2.75, 3.05) is 7.11 Å². The first-order valence-electron chi connectivity index (χ1n) is 10.1. The van der Waals surface area contributed by atoms with Gasteiger partial charge in [-0.05, 0) is 61.2 Å². The molecule has 2 aromatic carbocycles. The van der Waals surface area contributed by atoms with Gasteiger partial charge in [0, 0.05) is 17.8 Å². The van der Waals surface area contributed by atoms with Crippen LogP contribution in [0, 0.1) is 20.8 Å². The molecule has 0 radical (unpaired) electrons. The predicted octanol–water partition coefficient (Wildman–Crippen LogP) is 5.36. The summed E-state index contributed by atoms with van der Waals surface area (Å²) in [5.41, 5.74) is 8.58. The highest BCUT2D eigenvalue weighted by Gasteiger charge is 2.17. The van der Waals surface area contributed by atoms with Crippen molar-refractivity contribution in [3.8, 4) is 16.8 Å². The lowest BCUT2D eigenvalue weighted by atomic mass is 9.99. The number of carbonyl (C=O) groups excluding carboxylic acids is 1. The van der Waals surface area contributed by atoms with Gasteiger partial charge in [-0.1, -0.05) is 37.3 Å². The van der Waals surface area contributed by atoms with Crippen molar-refractivity contribution >= 4 is 17.1 Å². The number of nitrogens with zero attached hydrogens (tertiary/aromatic N) is 3. The number of aryl methyl sites for hydroxylation is 3. The predicted molar refractivity (Wildman–Crippen MR) is 119 cm³/mol. The maximum Gasteiger partial charge on any atom is 0.338 e. The van der Waals surface area contributed by atoms with Gasteiger partial charge in [0.05, 0.1) is 12.7 Å². The summed E-state index contributed by atoms with van der Waals surface area (Å²) >= 11 is 0. The Morgan fingerprint density at radius 1 is 0.967 bits per heavy atom. The van der Waals surface area contributed by atoms with Crippen LogP contribution < -0.4 is 0 Å². The topological polar surface area (TPSA) is 57.0 Å². The highest BCUT2D eigenvalue weighted by Crippen LogP contribution is 2.29. The monoisotopic (exact) mass is 399 g/mol. The summed E-state index contributed by atoms with van der Waals surface area (Å²) in [6.07, 6.45) is 0.806. The molecule has 5 nitrogen and oxygen atoms in total. The Morgan fingerprint density at radius 2 is 1.67 bits per heavy atom. The highest BCUT2D eigenvalue weighted by atomic mass is 16.5. The third kappa shape index (κ3) is 3.16. The van der Waals surface area contributed by atoms with E-state index in [9.17, 15) is 4.79 Å². The maximum atomic E-state index is 12.1. The van der Waals surface area contributed by atoms with E-state index >= 15 is 0 Å². The molecule has 4 aromatic rings. The molecule has 0 aliphatic rings. The molecule has 0 atom stereocenters. The second-order valence-electron chi connectivity index (χ2n) is 7.42. The first-order valence-corrected chi connectivity index (χ1v) is 10.1. The Balaban J connectivity index is 1.85. The van der Waals surface area contributed by atoms with Crippen LogP contribution in [0.1, 0.15) is 39.9 Å². The zero-order chi connectivity index (χ0) is 21.4. The van der Waals surface area contributed by atoms with Gasteiger partial charge in [-0.15, -0.1) is 0 Å². The summed E-state index contributed by atoms with van der Waals surface area (Å²) in [5, 5.41) is 0. The van der Waals surface area contributed by atoms with E-state index in [4.69, 9.17) is 14.7 Å². The number of benzene rings is 2. The molecule has 2 aromatic heterocycles. The summed E-state index contributed by atoms with van der Waals surface area (Å²) < 4.78 is 7.06. The van der Waals surface area contributed by atoms with Crippen LogP contribution in [0.4, 0.5) is 0 Å². The molecule has 0 saturated carbocycles. The normalized spacial score (nSPS) is 11.1. The number of imidazole rings is 1. The summed E-state index contributed by atoms with van der Waals surface area (Å²) in [7, 11) is 1.40. The molecule has 0 saturated heterocycles. The first-order chi connectivity index (χ1) is 14.5. The molecular formula is C25H25N3O2. The van der Waals surface area contributed by atoms with Crippen LogP contribution >= 0.6 is 0 Å². The Hall–Kier alpha value is -3.47. The van der Waals surface area contributed by atoms with E-state index < -0.39 is 0 Å². The molecule has 30 heavy (non-hydrogen) atoms. The Labute approximate surface area is 176 Å². The van der Waals surface area contributed by atoms with Crippen LogP contribution in [-0.2, 0) is 11.2 Å². The van der Waals surface area contributed by atoms with Gasteiger partial charge in [-0.3, -0.25) is 4.57 Å². The molecule has 0 aliphatic heterocycles. The number of hydrogen-bond acceptors (Lipinski definition) is 4. The van der Waals surface area contributed by atoms with Gasteiger partial charge in [-0.25, -0.2) is 14.8 Å². The molecule has 5 heteroatoms. The quantitative estimate of drug-likeness (QED) is 0.433. The molecular weight excluding hydrogens is 374 g/mol. The fourth-order valence-corrected chi connectivity index (χ4v) is 3.82. The van der Waals surface area contributed by atoms with E-state index in [1.807, 2.05) is 37.3 Å². The molecule has 0 aliphatic carbocycles. The van der Waals surface area contributed by atoms with Crippen LogP contribution in [0.5, 0.6) is 0 Å². The van der Waals surface area contributed by atoms with E-state index in [1.165, 1.54) is 18.2 Å². The first kappa shape index (κ1) is 19.8. The van der Waals surface area contributed by atoms with Crippen molar-refractivity contribution in [1.82, 2.24) is 14.5 Å². The van der Waals surface area contributed by atoms with E-state index in [2.05, 4.69) is 37.5 Å². The number of methoxy groups -OCH3 is 1. The Morgan fingerprint density at radius 3 is 2.33 bits per heavy atom. The van der Waals surface area contributed by atoms with Gasteiger partial charge in [0.2, 0.25) is 0 Å². The van der Waals surface area contributed by atoms with Crippen LogP contribution in [0.3, 0.4) is 0 Å². The lowest BCUT2D eigenvalue weighted by Crippen LogP contribution is -2.04. The number of rotatable bonds is 4. The van der Waals surface area contributed by atoms with Crippen molar-refractivity contribution < 1.29 is 9.53 Å². The molecule has 152 valence electrons. The minimum atomic E-state index is -0.339. The lowest BCUT2D eigenvalue weighted by Gasteiger charge is -2.12. The van der Waals surface area contributed by atoms with Gasteiger partial charge in [-0.2, -0.15) is 0 Å². The SMILES string of the molecule is CCc1nc2c(C)c(C)c(C)nc2n1-c1ccc(-c2ccccc2C(=O)OC)cc1. The average Bonchev–Trinajstić information content (AvgIpc) is 3.15. The van der Waals surface area contributed by atoms with E-state index in [1.54, 1.807) is 6.07 Å². The van der Waals surface area contributed by atoms with E-state index in [0.29, 0.717) is 5.56 Å². The number of esters is 1. The molecule has 0 amide bonds. The van der Waals surface area contributed by atoms with Crippen molar-refractivity contribution in [1.29, 1.82) is 0 Å². The van der Waals surface area contributed by atoms with Gasteiger partial charge < -0.3 is 4.74 Å². The van der Waals surface area contributed by atoms with Gasteiger partial charge >= 0.3 is 5.97 Å². The molecule has 4 rings (SSSR count). The fraction of sp³-hybridized carbons (Fsp3) is 0.240. The molecule has 0 fully saturated rings. The third-order valence-electron chi connectivity index (χ3n) is 5.74. The molecule has 0 spiro atoms. The fourth-order valence-electron chi connectivity index (χ4n) is 3.82. The second-order valence-corrected chi connectivity index (χ2v) is 7.42. The zero-order valence-corrected chi connectivity index (χ0v) is 18.0. The second kappa shape index (κ2) is 7.75. The minimum absolute atomic E-state index is 0.339. The van der Waals surface area contributed by atoms with Crippen molar-refractivity contribution in [3.05, 3.63) is 76.7 Å². The largest absolute Gasteiger partial charge is 0.465 e. The average molecular weight is 399 g/mol. The Bertz CT molecular complexity index is 1250. The summed E-state index contributed by atoms with van der Waals surface area (Å²) in [4.78, 5) is 21.9. The molecule has 0 unspecified atom stereocenters. The zero-order valence-electron chi connectivity index (χ0n) is 18.0. The molecule has 0 N–H and O–H groups in total. The summed E-state index contributed by atoms with van der Waals surface area (Å²) in [6.45, 7) is 8.34. The van der Waals surface area contributed by atoms with Crippen molar-refractivity contribution in [2.45, 2.75) is 34.1 Å². The number of fused-ring (bicyclic) bond motifs is 1. The maximum absolute atomic E-state index is 12.1. The van der Waals surface area contributed by atoms with Gasteiger partial charge in [0.25, 0.3) is 0 Å². The summed E-state index contributed by atoms with van der Waals surface area (Å²) in [5.74, 6) is 0.641. The Kier molecular flexibility index (Phi) is 5.12. The smallest absolute Gasteiger partial charge is 0.338 e. The third-order valence-corrected chi connectivity index (χ3v) is 5.74. The summed E-state index contributed by atoms with van der Waals surface area (Å²) in [6, 6.07) is 15.6. The van der Waals surface area contributed by atoms with Gasteiger partial charge in [0.1, 0.15) is 11.3 Å². The van der Waals surface area contributed by atoms with Crippen molar-refractivity contribution in [3.63, 3.8) is 0 Å². The van der Waals surface area contributed by atoms with Crippen LogP contribution in [0.25, 0.3) is 28.0 Å². The van der Waals surface area contributed by atoms with Crippen LogP contribution in [0.15, 0.2) is 48.5 Å². The molecule has 0 bridgehead atoms. The number of ether oxygens (including phenoxy) is 1. The van der Waals surface area contributed by atoms with Crippen LogP contribution in [0.2, 0.25) is 0 Å². The number of aromatic nitrogens is 3. The number of hydrogen-bond donors (Lipinski definition) is 0. The van der Waals surface area contributed by atoms with E-state index in [0.717, 1.165) is 45.9 Å².